The van der Waals surface area contributed by atoms with Crippen LogP contribution in [-0.4, -0.2) is 18.2 Å². The molecule has 0 fully saturated rings. The third-order valence-electron chi connectivity index (χ3n) is 2.98. The van der Waals surface area contributed by atoms with Crippen LogP contribution < -0.4 is 4.74 Å². The first-order valence-corrected chi connectivity index (χ1v) is 5.12. The van der Waals surface area contributed by atoms with Gasteiger partial charge in [-0.1, -0.05) is 12.1 Å². The fourth-order valence-electron chi connectivity index (χ4n) is 2.26. The predicted molar refractivity (Wildman–Crippen MR) is 56.3 cm³/mol. The zero-order chi connectivity index (χ0) is 10.8. The lowest BCUT2D eigenvalue weighted by Gasteiger charge is -2.23. The fraction of sp³-hybridized carbons (Fsp3) is 0.417. The summed E-state index contributed by atoms with van der Waals surface area (Å²) in [7, 11) is 1.62. The van der Waals surface area contributed by atoms with Gasteiger partial charge in [0.2, 0.25) is 0 Å². The summed E-state index contributed by atoms with van der Waals surface area (Å²) in [5, 5.41) is 9.11. The summed E-state index contributed by atoms with van der Waals surface area (Å²) in [5.41, 5.74) is 1.99. The average Bonchev–Trinajstić information content (AvgIpc) is 2.27. The first kappa shape index (κ1) is 10.0. The van der Waals surface area contributed by atoms with Gasteiger partial charge in [0.05, 0.1) is 13.0 Å². The number of fused-ring (bicyclic) bond motifs is 1. The number of rotatable bonds is 2. The normalized spacial score (nSPS) is 19.4. The highest BCUT2D eigenvalue weighted by molar-refractivity contribution is 5.77. The molecule has 0 spiro atoms. The van der Waals surface area contributed by atoms with Crippen LogP contribution in [0.25, 0.3) is 0 Å². The van der Waals surface area contributed by atoms with E-state index in [-0.39, 0.29) is 5.92 Å². The van der Waals surface area contributed by atoms with Gasteiger partial charge in [0.1, 0.15) is 5.75 Å². The van der Waals surface area contributed by atoms with Crippen molar-refractivity contribution in [3.05, 3.63) is 29.3 Å². The van der Waals surface area contributed by atoms with E-state index in [4.69, 9.17) is 9.84 Å². The van der Waals surface area contributed by atoms with Gasteiger partial charge in [-0.15, -0.1) is 0 Å². The number of benzene rings is 1. The first-order valence-electron chi connectivity index (χ1n) is 5.12. The molecular weight excluding hydrogens is 192 g/mol. The first-order chi connectivity index (χ1) is 7.24. The van der Waals surface area contributed by atoms with Crippen molar-refractivity contribution < 1.29 is 14.6 Å². The molecule has 1 N–H and O–H groups in total. The molecule has 3 nitrogen and oxygen atoms in total. The van der Waals surface area contributed by atoms with E-state index in [2.05, 4.69) is 0 Å². The van der Waals surface area contributed by atoms with Crippen molar-refractivity contribution in [2.75, 3.05) is 7.11 Å². The molecule has 3 heteroatoms. The summed E-state index contributed by atoms with van der Waals surface area (Å²) in [6.07, 6.45) is 2.57. The van der Waals surface area contributed by atoms with E-state index < -0.39 is 5.97 Å². The Kier molecular flexibility index (Phi) is 2.62. The minimum absolute atomic E-state index is 0.358. The molecular formula is C12H14O3. The maximum atomic E-state index is 11.1. The zero-order valence-electron chi connectivity index (χ0n) is 8.69. The smallest absolute Gasteiger partial charge is 0.310 e. The van der Waals surface area contributed by atoms with Crippen molar-refractivity contribution in [2.45, 2.75) is 25.2 Å². The van der Waals surface area contributed by atoms with Crippen LogP contribution in [0.4, 0.5) is 0 Å². The fourth-order valence-corrected chi connectivity index (χ4v) is 2.26. The zero-order valence-corrected chi connectivity index (χ0v) is 8.69. The van der Waals surface area contributed by atoms with Crippen LogP contribution in [0, 0.1) is 0 Å². The topological polar surface area (TPSA) is 46.5 Å². The lowest BCUT2D eigenvalue weighted by molar-refractivity contribution is -0.139. The van der Waals surface area contributed by atoms with Crippen molar-refractivity contribution in [3.8, 4) is 5.75 Å². The van der Waals surface area contributed by atoms with Crippen LogP contribution in [0.15, 0.2) is 18.2 Å². The van der Waals surface area contributed by atoms with Gasteiger partial charge in [0.15, 0.2) is 0 Å². The monoisotopic (exact) mass is 206 g/mol. The number of hydrogen-bond donors (Lipinski definition) is 1. The molecule has 0 radical (unpaired) electrons. The molecule has 0 amide bonds. The third-order valence-corrected chi connectivity index (χ3v) is 2.98. The molecule has 1 atom stereocenters. The summed E-state index contributed by atoms with van der Waals surface area (Å²) in [5.74, 6) is -0.272. The largest absolute Gasteiger partial charge is 0.496 e. The van der Waals surface area contributed by atoms with Crippen LogP contribution in [0.3, 0.4) is 0 Å². The van der Waals surface area contributed by atoms with Gasteiger partial charge in [0, 0.05) is 0 Å². The van der Waals surface area contributed by atoms with Gasteiger partial charge in [-0.05, 0) is 36.5 Å². The molecule has 0 aliphatic heterocycles. The van der Waals surface area contributed by atoms with Gasteiger partial charge in [-0.2, -0.15) is 0 Å². The Hall–Kier alpha value is -1.51. The number of carboxylic acid groups (broad SMARTS) is 1. The van der Waals surface area contributed by atoms with E-state index in [1.807, 2.05) is 18.2 Å². The second-order valence-corrected chi connectivity index (χ2v) is 3.81. The minimum atomic E-state index is -0.732. The van der Waals surface area contributed by atoms with E-state index in [0.717, 1.165) is 36.1 Å². The molecule has 1 aromatic carbocycles. The summed E-state index contributed by atoms with van der Waals surface area (Å²) < 4.78 is 5.25. The molecule has 0 bridgehead atoms. The van der Waals surface area contributed by atoms with Crippen LogP contribution in [0.1, 0.15) is 29.9 Å². The molecule has 15 heavy (non-hydrogen) atoms. The minimum Gasteiger partial charge on any atom is -0.496 e. The van der Waals surface area contributed by atoms with E-state index >= 15 is 0 Å². The Balaban J connectivity index is 2.48. The Bertz CT molecular complexity index is 384. The van der Waals surface area contributed by atoms with E-state index in [1.54, 1.807) is 7.11 Å². The van der Waals surface area contributed by atoms with Crippen molar-refractivity contribution in [3.63, 3.8) is 0 Å². The molecule has 1 aliphatic rings. The maximum Gasteiger partial charge on any atom is 0.310 e. The Morgan fingerprint density at radius 3 is 3.00 bits per heavy atom. The van der Waals surface area contributed by atoms with Crippen LogP contribution in [0.2, 0.25) is 0 Å². The standard InChI is InChI=1S/C12H14O3/c1-15-11-7-3-4-8-9(11)5-2-6-10(8)12(13)14/h3-4,7,10H,2,5-6H2,1H3,(H,13,14)/t10-/m0/s1. The van der Waals surface area contributed by atoms with Gasteiger partial charge >= 0.3 is 5.97 Å². The van der Waals surface area contributed by atoms with Crippen LogP contribution in [0.5, 0.6) is 5.75 Å². The molecule has 0 aromatic heterocycles. The summed E-state index contributed by atoms with van der Waals surface area (Å²) in [4.78, 5) is 11.1. The predicted octanol–water partition coefficient (Wildman–Crippen LogP) is 2.20. The highest BCUT2D eigenvalue weighted by Crippen LogP contribution is 2.36. The molecule has 0 heterocycles. The van der Waals surface area contributed by atoms with Gasteiger partial charge in [-0.25, -0.2) is 0 Å². The van der Waals surface area contributed by atoms with Gasteiger partial charge in [0.25, 0.3) is 0 Å². The van der Waals surface area contributed by atoms with E-state index in [9.17, 15) is 4.79 Å². The van der Waals surface area contributed by atoms with Crippen molar-refractivity contribution >= 4 is 5.97 Å². The molecule has 80 valence electrons. The summed E-state index contributed by atoms with van der Waals surface area (Å²) >= 11 is 0. The molecule has 1 aliphatic carbocycles. The Morgan fingerprint density at radius 2 is 2.33 bits per heavy atom. The van der Waals surface area contributed by atoms with E-state index in [0.29, 0.717) is 0 Å². The lowest BCUT2D eigenvalue weighted by Crippen LogP contribution is -2.18. The molecule has 0 unspecified atom stereocenters. The van der Waals surface area contributed by atoms with Gasteiger partial charge in [-0.3, -0.25) is 4.79 Å². The quantitative estimate of drug-likeness (QED) is 0.806. The molecule has 0 saturated heterocycles. The number of hydrogen-bond acceptors (Lipinski definition) is 2. The maximum absolute atomic E-state index is 11.1. The number of carbonyl (C=O) groups is 1. The second kappa shape index (κ2) is 3.93. The number of ether oxygens (including phenoxy) is 1. The number of methoxy groups -OCH3 is 1. The highest BCUT2D eigenvalue weighted by atomic mass is 16.5. The van der Waals surface area contributed by atoms with E-state index in [1.165, 1.54) is 0 Å². The average molecular weight is 206 g/mol. The molecule has 2 rings (SSSR count). The van der Waals surface area contributed by atoms with Crippen molar-refractivity contribution in [1.82, 2.24) is 0 Å². The summed E-state index contributed by atoms with van der Waals surface area (Å²) in [6, 6.07) is 5.65. The van der Waals surface area contributed by atoms with Crippen molar-refractivity contribution in [2.24, 2.45) is 0 Å². The number of carboxylic acids is 1. The highest BCUT2D eigenvalue weighted by Gasteiger charge is 2.27. The lowest BCUT2D eigenvalue weighted by atomic mass is 9.82. The summed E-state index contributed by atoms with van der Waals surface area (Å²) in [6.45, 7) is 0. The SMILES string of the molecule is COc1cccc2c1CCC[C@@H]2C(=O)O. The van der Waals surface area contributed by atoms with Crippen molar-refractivity contribution in [1.29, 1.82) is 0 Å². The molecule has 1 aromatic rings. The molecule has 0 saturated carbocycles. The number of aliphatic carboxylic acids is 1. The second-order valence-electron chi connectivity index (χ2n) is 3.81. The van der Waals surface area contributed by atoms with Crippen LogP contribution >= 0.6 is 0 Å². The third kappa shape index (κ3) is 1.69. The van der Waals surface area contributed by atoms with Gasteiger partial charge < -0.3 is 9.84 Å². The Labute approximate surface area is 88.7 Å². The van der Waals surface area contributed by atoms with Crippen LogP contribution in [-0.2, 0) is 11.2 Å². The Morgan fingerprint density at radius 1 is 1.53 bits per heavy atom.